The molecule has 0 amide bonds. The lowest BCUT2D eigenvalue weighted by molar-refractivity contribution is 0.0622. The van der Waals surface area contributed by atoms with E-state index in [0.29, 0.717) is 0 Å². The van der Waals surface area contributed by atoms with Gasteiger partial charge in [-0.15, -0.1) is 0 Å². The molecule has 1 N–H and O–H groups in total. The molecule has 0 fully saturated rings. The molecule has 0 saturated carbocycles. The summed E-state index contributed by atoms with van der Waals surface area (Å²) in [5.41, 5.74) is -0.490. The van der Waals surface area contributed by atoms with Crippen LogP contribution in [0.15, 0.2) is 0 Å². The maximum atomic E-state index is 9.89. The van der Waals surface area contributed by atoms with Crippen molar-refractivity contribution in [2.24, 2.45) is 17.8 Å². The summed E-state index contributed by atoms with van der Waals surface area (Å²) < 4.78 is 0. The van der Waals surface area contributed by atoms with Crippen molar-refractivity contribution >= 4 is 0 Å². The first-order valence-electron chi connectivity index (χ1n) is 9.47. The van der Waals surface area contributed by atoms with Gasteiger partial charge in [0.15, 0.2) is 0 Å². The summed E-state index contributed by atoms with van der Waals surface area (Å²) in [5.74, 6) is 2.57. The Morgan fingerprint density at radius 2 is 1.38 bits per heavy atom. The van der Waals surface area contributed by atoms with Crippen molar-refractivity contribution in [3.8, 4) is 0 Å². The summed E-state index contributed by atoms with van der Waals surface area (Å²) >= 11 is 0. The second kappa shape index (κ2) is 11.5. The largest absolute Gasteiger partial charge is 0.390 e. The van der Waals surface area contributed by atoms with Crippen molar-refractivity contribution < 1.29 is 5.11 Å². The van der Waals surface area contributed by atoms with Crippen LogP contribution in [0, 0.1) is 17.8 Å². The molecular formula is C20H42O. The lowest BCUT2D eigenvalue weighted by Gasteiger charge is -2.22. The average Bonchev–Trinajstić information content (AvgIpc) is 2.34. The van der Waals surface area contributed by atoms with Crippen LogP contribution >= 0.6 is 0 Å². The van der Waals surface area contributed by atoms with Crippen molar-refractivity contribution in [2.45, 2.75) is 111 Å². The fraction of sp³-hybridized carbons (Fsp3) is 1.00. The zero-order chi connectivity index (χ0) is 16.3. The van der Waals surface area contributed by atoms with Gasteiger partial charge in [-0.3, -0.25) is 0 Å². The van der Waals surface area contributed by atoms with Crippen LogP contribution in [-0.2, 0) is 0 Å². The van der Waals surface area contributed by atoms with E-state index in [2.05, 4.69) is 27.7 Å². The highest BCUT2D eigenvalue weighted by Crippen LogP contribution is 2.26. The molecule has 21 heavy (non-hydrogen) atoms. The molecule has 0 saturated heterocycles. The normalized spacial score (nSPS) is 15.4. The van der Waals surface area contributed by atoms with Crippen LogP contribution in [-0.4, -0.2) is 10.7 Å². The molecule has 128 valence electrons. The molecule has 0 aliphatic rings. The fourth-order valence-corrected chi connectivity index (χ4v) is 3.17. The minimum absolute atomic E-state index is 0.490. The third-order valence-electron chi connectivity index (χ3n) is 4.65. The van der Waals surface area contributed by atoms with Crippen molar-refractivity contribution in [1.82, 2.24) is 0 Å². The molecule has 0 rings (SSSR count). The molecule has 0 bridgehead atoms. The van der Waals surface area contributed by atoms with Gasteiger partial charge < -0.3 is 5.11 Å². The molecule has 0 radical (unpaired) electrons. The lowest BCUT2D eigenvalue weighted by Crippen LogP contribution is -2.20. The standard InChI is InChI=1S/C20H42O/c1-7-10-19(15-16-20(5,6)21)14-9-13-18(4)12-8-11-17(2)3/h17-19,21H,7-16H2,1-6H3. The Morgan fingerprint density at radius 3 is 1.86 bits per heavy atom. The fourth-order valence-electron chi connectivity index (χ4n) is 3.17. The molecule has 2 atom stereocenters. The van der Waals surface area contributed by atoms with E-state index in [1.165, 1.54) is 57.8 Å². The Balaban J connectivity index is 3.81. The second-order valence-corrected chi connectivity index (χ2v) is 8.37. The monoisotopic (exact) mass is 298 g/mol. The Morgan fingerprint density at radius 1 is 0.810 bits per heavy atom. The summed E-state index contributed by atoms with van der Waals surface area (Å²) in [4.78, 5) is 0. The molecule has 1 nitrogen and oxygen atoms in total. The van der Waals surface area contributed by atoms with Crippen LogP contribution in [0.5, 0.6) is 0 Å². The van der Waals surface area contributed by atoms with E-state index in [1.807, 2.05) is 13.8 Å². The van der Waals surface area contributed by atoms with Crippen LogP contribution < -0.4 is 0 Å². The zero-order valence-electron chi connectivity index (χ0n) is 15.8. The van der Waals surface area contributed by atoms with Crippen LogP contribution in [0.1, 0.15) is 106 Å². The second-order valence-electron chi connectivity index (χ2n) is 8.37. The van der Waals surface area contributed by atoms with Crippen LogP contribution in [0.25, 0.3) is 0 Å². The molecule has 0 aromatic carbocycles. The van der Waals surface area contributed by atoms with Gasteiger partial charge in [0.05, 0.1) is 5.60 Å². The van der Waals surface area contributed by atoms with E-state index in [-0.39, 0.29) is 0 Å². The Bertz CT molecular complexity index is 226. The third-order valence-corrected chi connectivity index (χ3v) is 4.65. The topological polar surface area (TPSA) is 20.2 Å². The number of rotatable bonds is 13. The number of hydrogen-bond donors (Lipinski definition) is 1. The van der Waals surface area contributed by atoms with Gasteiger partial charge in [-0.2, -0.15) is 0 Å². The van der Waals surface area contributed by atoms with E-state index in [0.717, 1.165) is 24.2 Å². The SMILES string of the molecule is CCCC(CCCC(C)CCCC(C)C)CCC(C)(C)O. The molecule has 0 aromatic rings. The maximum absolute atomic E-state index is 9.89. The molecule has 0 aliphatic heterocycles. The lowest BCUT2D eigenvalue weighted by atomic mass is 9.87. The summed E-state index contributed by atoms with van der Waals surface area (Å²) in [6, 6.07) is 0. The van der Waals surface area contributed by atoms with E-state index in [4.69, 9.17) is 0 Å². The number of aliphatic hydroxyl groups is 1. The summed E-state index contributed by atoms with van der Waals surface area (Å²) in [7, 11) is 0. The predicted octanol–water partition coefficient (Wildman–Crippen LogP) is 6.59. The average molecular weight is 299 g/mol. The van der Waals surface area contributed by atoms with E-state index in [9.17, 15) is 5.11 Å². The smallest absolute Gasteiger partial charge is 0.0591 e. The van der Waals surface area contributed by atoms with Crippen LogP contribution in [0.4, 0.5) is 0 Å². The molecule has 0 heterocycles. The molecule has 2 unspecified atom stereocenters. The first-order valence-corrected chi connectivity index (χ1v) is 9.47. The molecule has 0 aromatic heterocycles. The minimum Gasteiger partial charge on any atom is -0.390 e. The highest BCUT2D eigenvalue weighted by atomic mass is 16.3. The van der Waals surface area contributed by atoms with Gasteiger partial charge in [-0.05, 0) is 44.4 Å². The number of hydrogen-bond acceptors (Lipinski definition) is 1. The van der Waals surface area contributed by atoms with Crippen molar-refractivity contribution in [2.75, 3.05) is 0 Å². The minimum atomic E-state index is -0.490. The summed E-state index contributed by atoms with van der Waals surface area (Å²) in [6.07, 6.45) is 13.1. The van der Waals surface area contributed by atoms with Crippen molar-refractivity contribution in [3.05, 3.63) is 0 Å². The van der Waals surface area contributed by atoms with E-state index >= 15 is 0 Å². The molecule has 0 aliphatic carbocycles. The van der Waals surface area contributed by atoms with Gasteiger partial charge in [0.25, 0.3) is 0 Å². The first-order chi connectivity index (χ1) is 9.74. The van der Waals surface area contributed by atoms with Gasteiger partial charge in [0.1, 0.15) is 0 Å². The van der Waals surface area contributed by atoms with Gasteiger partial charge in [-0.1, -0.05) is 79.1 Å². The van der Waals surface area contributed by atoms with Gasteiger partial charge in [0, 0.05) is 0 Å². The van der Waals surface area contributed by atoms with Crippen molar-refractivity contribution in [3.63, 3.8) is 0 Å². The van der Waals surface area contributed by atoms with Gasteiger partial charge in [-0.25, -0.2) is 0 Å². The zero-order valence-corrected chi connectivity index (χ0v) is 15.8. The van der Waals surface area contributed by atoms with Crippen LogP contribution in [0.2, 0.25) is 0 Å². The Hall–Kier alpha value is -0.0400. The maximum Gasteiger partial charge on any atom is 0.0591 e. The molecule has 0 spiro atoms. The molecule has 1 heteroatoms. The molecular weight excluding hydrogens is 256 g/mol. The summed E-state index contributed by atoms with van der Waals surface area (Å²) in [6.45, 7) is 13.2. The Kier molecular flexibility index (Phi) is 11.5. The third kappa shape index (κ3) is 14.7. The van der Waals surface area contributed by atoms with Crippen molar-refractivity contribution in [1.29, 1.82) is 0 Å². The Labute approximate surface area is 134 Å². The first kappa shape index (κ1) is 21.0. The van der Waals surface area contributed by atoms with E-state index < -0.39 is 5.60 Å². The summed E-state index contributed by atoms with van der Waals surface area (Å²) in [5, 5.41) is 9.89. The highest BCUT2D eigenvalue weighted by Gasteiger charge is 2.16. The van der Waals surface area contributed by atoms with Crippen LogP contribution in [0.3, 0.4) is 0 Å². The van der Waals surface area contributed by atoms with E-state index in [1.54, 1.807) is 0 Å². The predicted molar refractivity (Wildman–Crippen MR) is 95.6 cm³/mol. The quantitative estimate of drug-likeness (QED) is 0.407. The van der Waals surface area contributed by atoms with Gasteiger partial charge >= 0.3 is 0 Å². The van der Waals surface area contributed by atoms with Gasteiger partial charge in [0.2, 0.25) is 0 Å². The highest BCUT2D eigenvalue weighted by molar-refractivity contribution is 4.69.